The van der Waals surface area contributed by atoms with Gasteiger partial charge in [0.15, 0.2) is 5.82 Å². The van der Waals surface area contributed by atoms with Crippen molar-refractivity contribution in [3.63, 3.8) is 0 Å². The van der Waals surface area contributed by atoms with E-state index in [0.717, 1.165) is 61.1 Å². The summed E-state index contributed by atoms with van der Waals surface area (Å²) in [7, 11) is 0. The molecule has 1 aromatic heterocycles. The first-order valence-electron chi connectivity index (χ1n) is 25.8. The largest absolute Gasteiger partial charge is 0.228 e. The summed E-state index contributed by atoms with van der Waals surface area (Å²) in [5, 5.41) is 4.72. The molecule has 75 heavy (non-hydrogen) atoms. The number of fused-ring (bicyclic) bond motifs is 5. The van der Waals surface area contributed by atoms with Gasteiger partial charge in [-0.25, -0.2) is 9.97 Å². The van der Waals surface area contributed by atoms with E-state index >= 15 is 0 Å². The Morgan fingerprint density at radius 3 is 1.41 bits per heavy atom. The van der Waals surface area contributed by atoms with Crippen molar-refractivity contribution in [2.75, 3.05) is 0 Å². The molecule has 1 heterocycles. The van der Waals surface area contributed by atoms with Crippen LogP contribution in [0.5, 0.6) is 0 Å². The van der Waals surface area contributed by atoms with Gasteiger partial charge in [-0.2, -0.15) is 0 Å². The lowest BCUT2D eigenvalue weighted by Crippen LogP contribution is -2.28. The molecule has 0 spiro atoms. The fourth-order valence-electron chi connectivity index (χ4n) is 11.9. The molecule has 0 amide bonds. The van der Waals surface area contributed by atoms with Crippen molar-refractivity contribution >= 4 is 21.5 Å². The Morgan fingerprint density at radius 2 is 0.680 bits per heavy atom. The number of rotatable bonds is 9. The van der Waals surface area contributed by atoms with Gasteiger partial charge in [-0.3, -0.25) is 0 Å². The minimum absolute atomic E-state index is 0.515. The predicted molar refractivity (Wildman–Crippen MR) is 312 cm³/mol. The molecule has 14 rings (SSSR count). The minimum Gasteiger partial charge on any atom is -0.228 e. The van der Waals surface area contributed by atoms with Crippen LogP contribution in [0, 0.1) is 0 Å². The standard InChI is InChI=1S/C73H48N2/c1-5-21-49(22-6-1)52-27-19-28-54(43-52)70-48-71(75-72(74-70)51-24-7-2-8-25-51)67-42-41-62(63-34-15-16-35-64(63)67)57-45-55(44-56(46-57)61-37-20-26-50-23-13-14-33-60(50)61)53-39-40-66-65-36-17-18-38-68(65)73(69(66)47-53,58-29-9-3-10-30-58)59-31-11-4-12-32-59/h1-48H. The summed E-state index contributed by atoms with van der Waals surface area (Å²) < 4.78 is 0. The molecule has 0 radical (unpaired) electrons. The maximum atomic E-state index is 5.36. The highest BCUT2D eigenvalue weighted by Gasteiger charge is 2.46. The average Bonchev–Trinajstić information content (AvgIpc) is 3.81. The fraction of sp³-hybridized carbons (Fsp3) is 0.0137. The zero-order valence-corrected chi connectivity index (χ0v) is 41.1. The lowest BCUT2D eigenvalue weighted by Gasteiger charge is -2.34. The van der Waals surface area contributed by atoms with Crippen LogP contribution in [0.15, 0.2) is 291 Å². The van der Waals surface area contributed by atoms with Gasteiger partial charge >= 0.3 is 0 Å². The van der Waals surface area contributed by atoms with Crippen LogP contribution in [0.3, 0.4) is 0 Å². The molecule has 1 aliphatic rings. The lowest BCUT2D eigenvalue weighted by atomic mass is 9.67. The molecule has 0 saturated heterocycles. The van der Waals surface area contributed by atoms with Crippen molar-refractivity contribution in [1.82, 2.24) is 9.97 Å². The van der Waals surface area contributed by atoms with Crippen molar-refractivity contribution in [1.29, 1.82) is 0 Å². The van der Waals surface area contributed by atoms with Gasteiger partial charge in [-0.1, -0.05) is 255 Å². The first kappa shape index (κ1) is 44.0. The van der Waals surface area contributed by atoms with Gasteiger partial charge < -0.3 is 0 Å². The van der Waals surface area contributed by atoms with Crippen LogP contribution in [0.4, 0.5) is 0 Å². The van der Waals surface area contributed by atoms with E-state index in [4.69, 9.17) is 9.97 Å². The molecule has 0 fully saturated rings. The molecule has 12 aromatic carbocycles. The predicted octanol–water partition coefficient (Wildman–Crippen LogP) is 18.8. The molecule has 350 valence electrons. The second kappa shape index (κ2) is 18.4. The highest BCUT2D eigenvalue weighted by atomic mass is 14.9. The SMILES string of the molecule is c1ccc(-c2cccc(-c3cc(-c4ccc(-c5cc(-c6ccc7c(c6)C(c6ccccc6)(c6ccccc6)c6ccccc6-7)cc(-c6cccc7ccccc67)c5)c5ccccc45)nc(-c4ccccc4)n3)c2)cc1. The zero-order chi connectivity index (χ0) is 49.7. The molecule has 13 aromatic rings. The summed E-state index contributed by atoms with van der Waals surface area (Å²) in [5.41, 5.74) is 21.2. The third kappa shape index (κ3) is 7.58. The molecule has 2 nitrogen and oxygen atoms in total. The topological polar surface area (TPSA) is 25.8 Å². The van der Waals surface area contributed by atoms with E-state index in [9.17, 15) is 0 Å². The monoisotopic (exact) mass is 952 g/mol. The molecule has 0 atom stereocenters. The molecule has 2 heteroatoms. The van der Waals surface area contributed by atoms with Gasteiger partial charge in [0.05, 0.1) is 16.8 Å². The van der Waals surface area contributed by atoms with E-state index in [2.05, 4.69) is 285 Å². The van der Waals surface area contributed by atoms with Crippen LogP contribution in [-0.2, 0) is 5.41 Å². The number of aromatic nitrogens is 2. The molecule has 1 aliphatic carbocycles. The van der Waals surface area contributed by atoms with Crippen LogP contribution in [0.25, 0.3) is 111 Å². The lowest BCUT2D eigenvalue weighted by molar-refractivity contribution is 0.769. The highest BCUT2D eigenvalue weighted by molar-refractivity contribution is 6.06. The summed E-state index contributed by atoms with van der Waals surface area (Å²) in [6.07, 6.45) is 0. The van der Waals surface area contributed by atoms with E-state index in [1.807, 2.05) is 6.07 Å². The molecule has 0 bridgehead atoms. The second-order valence-electron chi connectivity index (χ2n) is 19.6. The maximum Gasteiger partial charge on any atom is 0.160 e. The van der Waals surface area contributed by atoms with Crippen LogP contribution >= 0.6 is 0 Å². The third-order valence-corrected chi connectivity index (χ3v) is 15.4. The van der Waals surface area contributed by atoms with Gasteiger partial charge in [0.1, 0.15) is 0 Å². The highest BCUT2D eigenvalue weighted by Crippen LogP contribution is 2.57. The zero-order valence-electron chi connectivity index (χ0n) is 41.1. The van der Waals surface area contributed by atoms with Crippen LogP contribution < -0.4 is 0 Å². The normalized spacial score (nSPS) is 12.4. The Balaban J connectivity index is 0.971. The van der Waals surface area contributed by atoms with Crippen molar-refractivity contribution in [3.8, 4) is 89.5 Å². The van der Waals surface area contributed by atoms with E-state index in [-0.39, 0.29) is 0 Å². The van der Waals surface area contributed by atoms with Crippen molar-refractivity contribution in [2.45, 2.75) is 5.41 Å². The number of benzene rings is 12. The van der Waals surface area contributed by atoms with Crippen molar-refractivity contribution < 1.29 is 0 Å². The Morgan fingerprint density at radius 1 is 0.227 bits per heavy atom. The van der Waals surface area contributed by atoms with Crippen LogP contribution in [0.2, 0.25) is 0 Å². The smallest absolute Gasteiger partial charge is 0.160 e. The van der Waals surface area contributed by atoms with Gasteiger partial charge in [-0.15, -0.1) is 0 Å². The molecular formula is C73H48N2. The van der Waals surface area contributed by atoms with E-state index in [1.165, 1.54) is 66.4 Å². The summed E-state index contributed by atoms with van der Waals surface area (Å²) in [5.74, 6) is 0.690. The minimum atomic E-state index is -0.515. The Labute approximate surface area is 437 Å². The third-order valence-electron chi connectivity index (χ3n) is 15.4. The molecular weight excluding hydrogens is 905 g/mol. The Kier molecular flexibility index (Phi) is 10.8. The average molecular weight is 953 g/mol. The second-order valence-corrected chi connectivity index (χ2v) is 19.6. The number of nitrogens with zero attached hydrogens (tertiary/aromatic N) is 2. The van der Waals surface area contributed by atoms with E-state index in [0.29, 0.717) is 5.82 Å². The number of hydrogen-bond acceptors (Lipinski definition) is 2. The van der Waals surface area contributed by atoms with Gasteiger partial charge in [0.25, 0.3) is 0 Å². The van der Waals surface area contributed by atoms with E-state index < -0.39 is 5.41 Å². The summed E-state index contributed by atoms with van der Waals surface area (Å²) in [6.45, 7) is 0. The molecule has 0 saturated carbocycles. The summed E-state index contributed by atoms with van der Waals surface area (Å²) in [6, 6.07) is 106. The van der Waals surface area contributed by atoms with E-state index in [1.54, 1.807) is 0 Å². The summed E-state index contributed by atoms with van der Waals surface area (Å²) >= 11 is 0. The quantitative estimate of drug-likeness (QED) is 0.144. The number of hydrogen-bond donors (Lipinski definition) is 0. The fourth-order valence-corrected chi connectivity index (χ4v) is 11.9. The molecule has 0 aliphatic heterocycles. The first-order chi connectivity index (χ1) is 37.2. The van der Waals surface area contributed by atoms with Crippen LogP contribution in [0.1, 0.15) is 22.3 Å². The maximum absolute atomic E-state index is 5.36. The van der Waals surface area contributed by atoms with Crippen molar-refractivity contribution in [3.05, 3.63) is 313 Å². The van der Waals surface area contributed by atoms with Gasteiger partial charge in [0.2, 0.25) is 0 Å². The Hall–Kier alpha value is -9.76. The van der Waals surface area contributed by atoms with Gasteiger partial charge in [0, 0.05) is 16.7 Å². The van der Waals surface area contributed by atoms with Crippen LogP contribution in [-0.4, -0.2) is 9.97 Å². The molecule has 0 N–H and O–H groups in total. The first-order valence-corrected chi connectivity index (χ1v) is 25.8. The summed E-state index contributed by atoms with van der Waals surface area (Å²) in [4.78, 5) is 10.6. The Bertz CT molecular complexity index is 4230. The molecule has 0 unspecified atom stereocenters. The van der Waals surface area contributed by atoms with Gasteiger partial charge in [-0.05, 0) is 136 Å². The van der Waals surface area contributed by atoms with Crippen molar-refractivity contribution in [2.24, 2.45) is 0 Å².